The van der Waals surface area contributed by atoms with Gasteiger partial charge in [0, 0.05) is 0 Å². The van der Waals surface area contributed by atoms with Crippen LogP contribution in [-0.2, 0) is 4.74 Å². The number of fused-ring (bicyclic) bond motifs is 1. The lowest BCUT2D eigenvalue weighted by Crippen LogP contribution is -2.06. The van der Waals surface area contributed by atoms with Gasteiger partial charge in [-0.15, -0.1) is 11.3 Å². The summed E-state index contributed by atoms with van der Waals surface area (Å²) in [5, 5.41) is 0.987. The first kappa shape index (κ1) is 14.1. The van der Waals surface area contributed by atoms with E-state index in [0.29, 0.717) is 5.92 Å². The number of allylic oxidation sites excluding steroid dienone is 1. The third-order valence-corrected chi connectivity index (χ3v) is 4.10. The van der Waals surface area contributed by atoms with Gasteiger partial charge in [-0.2, -0.15) is 0 Å². The van der Waals surface area contributed by atoms with Gasteiger partial charge in [-0.25, -0.2) is 4.98 Å². The number of para-hydroxylation sites is 1. The van der Waals surface area contributed by atoms with Crippen LogP contribution in [0.3, 0.4) is 0 Å². The normalized spacial score (nSPS) is 13.2. The van der Waals surface area contributed by atoms with Crippen LogP contribution in [0.1, 0.15) is 39.6 Å². The van der Waals surface area contributed by atoms with Crippen LogP contribution in [0.4, 0.5) is 0 Å². The van der Waals surface area contributed by atoms with Crippen molar-refractivity contribution in [1.82, 2.24) is 4.98 Å². The van der Waals surface area contributed by atoms with E-state index in [0.717, 1.165) is 16.3 Å². The summed E-state index contributed by atoms with van der Waals surface area (Å²) in [6.45, 7) is 10.6. The molecule has 1 aromatic carbocycles. The van der Waals surface area contributed by atoms with Crippen molar-refractivity contribution in [2.75, 3.05) is 0 Å². The van der Waals surface area contributed by atoms with Gasteiger partial charge in [0.15, 0.2) is 10.8 Å². The minimum atomic E-state index is 0.163. The lowest BCUT2D eigenvalue weighted by molar-refractivity contribution is 0.201. The molecular weight excluding hydrogens is 254 g/mol. The maximum absolute atomic E-state index is 6.02. The molecule has 0 unspecified atom stereocenters. The maximum atomic E-state index is 6.02. The molecule has 102 valence electrons. The first-order valence-electron chi connectivity index (χ1n) is 6.72. The van der Waals surface area contributed by atoms with Crippen LogP contribution in [0.2, 0.25) is 0 Å². The van der Waals surface area contributed by atoms with Crippen molar-refractivity contribution < 1.29 is 4.74 Å². The maximum Gasteiger partial charge on any atom is 0.159 e. The highest BCUT2D eigenvalue weighted by atomic mass is 32.1. The summed E-state index contributed by atoms with van der Waals surface area (Å²) in [5.41, 5.74) is 2.30. The van der Waals surface area contributed by atoms with Gasteiger partial charge in [-0.05, 0) is 44.4 Å². The summed E-state index contributed by atoms with van der Waals surface area (Å²) in [4.78, 5) is 4.71. The predicted molar refractivity (Wildman–Crippen MR) is 83.3 cm³/mol. The fourth-order valence-corrected chi connectivity index (χ4v) is 2.80. The van der Waals surface area contributed by atoms with Crippen molar-refractivity contribution in [2.45, 2.75) is 40.7 Å². The molecule has 0 amide bonds. The zero-order valence-corrected chi connectivity index (χ0v) is 13.0. The number of ether oxygens (including phenoxy) is 1. The fraction of sp³-hybridized carbons (Fsp3) is 0.438. The monoisotopic (exact) mass is 275 g/mol. The Morgan fingerprint density at radius 3 is 2.42 bits per heavy atom. The van der Waals surface area contributed by atoms with Gasteiger partial charge in [0.05, 0.1) is 16.3 Å². The second-order valence-corrected chi connectivity index (χ2v) is 6.35. The molecule has 2 aromatic rings. The van der Waals surface area contributed by atoms with Crippen molar-refractivity contribution in [3.05, 3.63) is 34.8 Å². The summed E-state index contributed by atoms with van der Waals surface area (Å²) >= 11 is 1.70. The van der Waals surface area contributed by atoms with Crippen molar-refractivity contribution in [2.24, 2.45) is 5.92 Å². The molecule has 0 fully saturated rings. The summed E-state index contributed by atoms with van der Waals surface area (Å²) < 4.78 is 7.22. The highest BCUT2D eigenvalue weighted by Crippen LogP contribution is 2.32. The molecule has 0 saturated carbocycles. The third-order valence-electron chi connectivity index (χ3n) is 3.07. The van der Waals surface area contributed by atoms with E-state index in [1.807, 2.05) is 18.2 Å². The highest BCUT2D eigenvalue weighted by Gasteiger charge is 2.16. The lowest BCUT2D eigenvalue weighted by atomic mass is 10.0. The van der Waals surface area contributed by atoms with E-state index in [1.165, 1.54) is 10.3 Å². The SMILES string of the molecule is C/C(=C(/OC(C)C)c1nc2ccccc2s1)C(C)C. The topological polar surface area (TPSA) is 22.1 Å². The molecule has 0 aliphatic carbocycles. The van der Waals surface area contributed by atoms with E-state index in [9.17, 15) is 0 Å². The summed E-state index contributed by atoms with van der Waals surface area (Å²) in [5.74, 6) is 1.41. The molecular formula is C16H21NOS. The van der Waals surface area contributed by atoms with E-state index < -0.39 is 0 Å². The molecule has 0 radical (unpaired) electrons. The summed E-state index contributed by atoms with van der Waals surface area (Å²) in [6.07, 6.45) is 0.163. The van der Waals surface area contributed by atoms with Crippen LogP contribution in [0.5, 0.6) is 0 Å². The largest absolute Gasteiger partial charge is 0.488 e. The number of rotatable bonds is 4. The van der Waals surface area contributed by atoms with E-state index in [1.54, 1.807) is 11.3 Å². The second kappa shape index (κ2) is 5.74. The minimum absolute atomic E-state index is 0.163. The van der Waals surface area contributed by atoms with Crippen LogP contribution in [0.15, 0.2) is 29.8 Å². The van der Waals surface area contributed by atoms with Crippen LogP contribution < -0.4 is 0 Å². The standard InChI is InChI=1S/C16H21NOS/c1-10(2)12(5)15(18-11(3)4)16-17-13-8-6-7-9-14(13)19-16/h6-11H,1-5H3/b15-12-. The number of aromatic nitrogens is 1. The Kier molecular flexibility index (Phi) is 4.25. The van der Waals surface area contributed by atoms with Crippen LogP contribution in [0, 0.1) is 5.92 Å². The Morgan fingerprint density at radius 2 is 1.84 bits per heavy atom. The molecule has 0 atom stereocenters. The molecule has 0 aliphatic heterocycles. The average Bonchev–Trinajstić information content (AvgIpc) is 2.78. The van der Waals surface area contributed by atoms with Crippen LogP contribution in [0.25, 0.3) is 16.0 Å². The Morgan fingerprint density at radius 1 is 1.16 bits per heavy atom. The Bertz CT molecular complexity index is 563. The van der Waals surface area contributed by atoms with Gasteiger partial charge >= 0.3 is 0 Å². The molecule has 2 rings (SSSR count). The first-order chi connectivity index (χ1) is 8.99. The number of hydrogen-bond acceptors (Lipinski definition) is 3. The van der Waals surface area contributed by atoms with Crippen LogP contribution >= 0.6 is 11.3 Å². The molecule has 1 heterocycles. The van der Waals surface area contributed by atoms with Gasteiger partial charge in [-0.3, -0.25) is 0 Å². The second-order valence-electron chi connectivity index (χ2n) is 5.32. The minimum Gasteiger partial charge on any atom is -0.488 e. The van der Waals surface area contributed by atoms with Gasteiger partial charge in [-0.1, -0.05) is 26.0 Å². The van der Waals surface area contributed by atoms with Crippen LogP contribution in [-0.4, -0.2) is 11.1 Å². The molecule has 0 N–H and O–H groups in total. The number of nitrogens with zero attached hydrogens (tertiary/aromatic N) is 1. The third kappa shape index (κ3) is 3.16. The van der Waals surface area contributed by atoms with Crippen molar-refractivity contribution in [3.8, 4) is 0 Å². The zero-order chi connectivity index (χ0) is 14.0. The number of thiazole rings is 1. The van der Waals surface area contributed by atoms with Gasteiger partial charge in [0.1, 0.15) is 0 Å². The fourth-order valence-electron chi connectivity index (χ4n) is 1.78. The van der Waals surface area contributed by atoms with E-state index in [-0.39, 0.29) is 6.10 Å². The highest BCUT2D eigenvalue weighted by molar-refractivity contribution is 7.19. The Labute approximate surface area is 119 Å². The Balaban J connectivity index is 2.51. The lowest BCUT2D eigenvalue weighted by Gasteiger charge is -2.17. The quantitative estimate of drug-likeness (QED) is 0.723. The molecule has 0 bridgehead atoms. The zero-order valence-electron chi connectivity index (χ0n) is 12.2. The molecule has 0 aliphatic rings. The molecule has 19 heavy (non-hydrogen) atoms. The first-order valence-corrected chi connectivity index (χ1v) is 7.54. The molecule has 0 spiro atoms. The number of benzene rings is 1. The van der Waals surface area contributed by atoms with Gasteiger partial charge in [0.2, 0.25) is 0 Å². The Hall–Kier alpha value is -1.35. The summed E-state index contributed by atoms with van der Waals surface area (Å²) in [7, 11) is 0. The van der Waals surface area contributed by atoms with E-state index in [4.69, 9.17) is 9.72 Å². The van der Waals surface area contributed by atoms with Gasteiger partial charge in [0.25, 0.3) is 0 Å². The smallest absolute Gasteiger partial charge is 0.159 e. The van der Waals surface area contributed by atoms with Crippen molar-refractivity contribution in [1.29, 1.82) is 0 Å². The van der Waals surface area contributed by atoms with E-state index >= 15 is 0 Å². The molecule has 3 heteroatoms. The predicted octanol–water partition coefficient (Wildman–Crippen LogP) is 5.11. The average molecular weight is 275 g/mol. The molecule has 1 aromatic heterocycles. The van der Waals surface area contributed by atoms with Crippen molar-refractivity contribution in [3.63, 3.8) is 0 Å². The van der Waals surface area contributed by atoms with Crippen molar-refractivity contribution >= 4 is 27.3 Å². The van der Waals surface area contributed by atoms with E-state index in [2.05, 4.69) is 40.7 Å². The molecule has 0 saturated heterocycles. The van der Waals surface area contributed by atoms with Gasteiger partial charge < -0.3 is 4.74 Å². The summed E-state index contributed by atoms with van der Waals surface area (Å²) in [6, 6.07) is 8.22. The molecule has 2 nitrogen and oxygen atoms in total. The number of hydrogen-bond donors (Lipinski definition) is 0.